The maximum Gasteiger partial charge on any atom is 0.254 e. The van der Waals surface area contributed by atoms with Crippen LogP contribution < -0.4 is 5.32 Å². The molecule has 2 aromatic rings. The van der Waals surface area contributed by atoms with Crippen LogP contribution in [0.4, 0.5) is 8.78 Å². The summed E-state index contributed by atoms with van der Waals surface area (Å²) in [4.78, 5) is 30.1. The number of fused-ring (bicyclic) bond motifs is 2. The lowest BCUT2D eigenvalue weighted by molar-refractivity contribution is 0.0284. The van der Waals surface area contributed by atoms with E-state index in [4.69, 9.17) is 0 Å². The van der Waals surface area contributed by atoms with Crippen molar-refractivity contribution in [2.24, 2.45) is 5.41 Å². The van der Waals surface area contributed by atoms with E-state index >= 15 is 0 Å². The van der Waals surface area contributed by atoms with Crippen molar-refractivity contribution < 1.29 is 23.5 Å². The summed E-state index contributed by atoms with van der Waals surface area (Å²) in [6, 6.07) is 13.2. The summed E-state index contributed by atoms with van der Waals surface area (Å²) in [7, 11) is 0. The third-order valence-corrected chi connectivity index (χ3v) is 9.30. The zero-order valence-electron chi connectivity index (χ0n) is 22.0. The highest BCUT2D eigenvalue weighted by Gasteiger charge is 2.70. The number of β-amino-alcohol motifs (C(OH)–C–C–N with tert-alkyl or cyclic N) is 1. The van der Waals surface area contributed by atoms with Crippen LogP contribution in [0.3, 0.4) is 0 Å². The van der Waals surface area contributed by atoms with E-state index in [9.17, 15) is 23.5 Å². The Kier molecular flexibility index (Phi) is 5.92. The minimum absolute atomic E-state index is 0.0630. The Bertz CT molecular complexity index is 1290. The molecule has 2 atom stereocenters. The number of rotatable bonds is 4. The molecule has 2 fully saturated rings. The number of aliphatic hydroxyl groups excluding tert-OH is 1. The normalized spacial score (nSPS) is 25.5. The van der Waals surface area contributed by atoms with E-state index in [1.165, 1.54) is 11.1 Å². The molecule has 2 N–H and O–H groups in total. The van der Waals surface area contributed by atoms with Gasteiger partial charge in [-0.3, -0.25) is 9.59 Å². The van der Waals surface area contributed by atoms with Gasteiger partial charge in [-0.15, -0.1) is 0 Å². The van der Waals surface area contributed by atoms with Crippen molar-refractivity contribution in [2.45, 2.75) is 69.6 Å². The van der Waals surface area contributed by atoms with Gasteiger partial charge in [0.05, 0.1) is 6.10 Å². The molecule has 4 aliphatic rings. The number of piperidine rings is 1. The van der Waals surface area contributed by atoms with Crippen molar-refractivity contribution >= 4 is 11.8 Å². The fourth-order valence-electron chi connectivity index (χ4n) is 6.72. The maximum absolute atomic E-state index is 13.8. The summed E-state index contributed by atoms with van der Waals surface area (Å²) in [6.45, 7) is 6.10. The first-order valence-electron chi connectivity index (χ1n) is 13.6. The Balaban J connectivity index is 1.15. The molecular weight excluding hydrogens is 488 g/mol. The number of nitrogens with zero attached hydrogens (tertiary/aromatic N) is 2. The van der Waals surface area contributed by atoms with E-state index in [1.807, 2.05) is 26.0 Å². The number of amides is 2. The van der Waals surface area contributed by atoms with Gasteiger partial charge in [0.2, 0.25) is 0 Å². The molecule has 6 rings (SSSR count). The molecule has 8 heteroatoms. The molecule has 38 heavy (non-hydrogen) atoms. The molecule has 202 valence electrons. The van der Waals surface area contributed by atoms with Gasteiger partial charge in [-0.2, -0.15) is 0 Å². The number of hydrogen-bond donors (Lipinski definition) is 2. The van der Waals surface area contributed by atoms with E-state index in [0.29, 0.717) is 56.6 Å². The first kappa shape index (κ1) is 25.4. The first-order valence-corrected chi connectivity index (χ1v) is 13.6. The molecule has 1 aliphatic carbocycles. The molecule has 0 unspecified atom stereocenters. The van der Waals surface area contributed by atoms with Crippen LogP contribution >= 0.6 is 0 Å². The molecule has 0 radical (unpaired) electrons. The van der Waals surface area contributed by atoms with Gasteiger partial charge < -0.3 is 20.2 Å². The molecular formula is C30H35F2N3O3. The molecule has 3 aliphatic heterocycles. The number of nitrogens with one attached hydrogen (secondary N) is 1. The molecule has 3 heterocycles. The van der Waals surface area contributed by atoms with Crippen molar-refractivity contribution in [2.75, 3.05) is 26.2 Å². The predicted octanol–water partition coefficient (Wildman–Crippen LogP) is 3.76. The van der Waals surface area contributed by atoms with Crippen LogP contribution in [0.25, 0.3) is 0 Å². The smallest absolute Gasteiger partial charge is 0.254 e. The van der Waals surface area contributed by atoms with Gasteiger partial charge in [0.15, 0.2) is 0 Å². The highest BCUT2D eigenvalue weighted by Crippen LogP contribution is 2.65. The van der Waals surface area contributed by atoms with Gasteiger partial charge in [-0.25, -0.2) is 8.78 Å². The Hall–Kier alpha value is -2.84. The molecule has 6 nitrogen and oxygen atoms in total. The van der Waals surface area contributed by atoms with Crippen LogP contribution in [0.2, 0.25) is 0 Å². The van der Waals surface area contributed by atoms with Crippen molar-refractivity contribution in [3.63, 3.8) is 0 Å². The van der Waals surface area contributed by atoms with Gasteiger partial charge >= 0.3 is 0 Å². The number of aliphatic hydroxyl groups is 1. The first-order chi connectivity index (χ1) is 18.0. The molecule has 0 bridgehead atoms. The fourth-order valence-corrected chi connectivity index (χ4v) is 6.72. The molecule has 0 aromatic heterocycles. The number of likely N-dealkylation sites (tertiary alicyclic amines) is 1. The van der Waals surface area contributed by atoms with Crippen molar-refractivity contribution in [1.29, 1.82) is 0 Å². The molecule has 2 amide bonds. The fraction of sp³-hybridized carbons (Fsp3) is 0.533. The van der Waals surface area contributed by atoms with Crippen molar-refractivity contribution in [3.8, 4) is 0 Å². The van der Waals surface area contributed by atoms with E-state index in [1.54, 1.807) is 28.0 Å². The molecule has 1 saturated carbocycles. The van der Waals surface area contributed by atoms with Crippen LogP contribution in [0.15, 0.2) is 42.5 Å². The Labute approximate surface area is 222 Å². The van der Waals surface area contributed by atoms with Gasteiger partial charge in [0, 0.05) is 67.1 Å². The van der Waals surface area contributed by atoms with E-state index in [0.717, 1.165) is 5.56 Å². The van der Waals surface area contributed by atoms with Gasteiger partial charge in [0.25, 0.3) is 17.7 Å². The molecule has 1 saturated heterocycles. The lowest BCUT2D eigenvalue weighted by atomic mass is 9.77. The van der Waals surface area contributed by atoms with Gasteiger partial charge in [-0.05, 0) is 54.2 Å². The quantitative estimate of drug-likeness (QED) is 0.640. The zero-order valence-corrected chi connectivity index (χ0v) is 22.0. The predicted molar refractivity (Wildman–Crippen MR) is 139 cm³/mol. The van der Waals surface area contributed by atoms with Crippen molar-refractivity contribution in [1.82, 2.24) is 15.1 Å². The van der Waals surface area contributed by atoms with Crippen LogP contribution in [0.1, 0.15) is 70.5 Å². The second-order valence-electron chi connectivity index (χ2n) is 12.3. The largest absolute Gasteiger partial charge is 0.390 e. The minimum atomic E-state index is -2.59. The number of benzene rings is 2. The summed E-state index contributed by atoms with van der Waals surface area (Å²) >= 11 is 0. The van der Waals surface area contributed by atoms with E-state index in [2.05, 4.69) is 17.4 Å². The Morgan fingerprint density at radius 3 is 2.50 bits per heavy atom. The number of hydrogen-bond acceptors (Lipinski definition) is 4. The summed E-state index contributed by atoms with van der Waals surface area (Å²) in [5, 5.41) is 14.5. The summed E-state index contributed by atoms with van der Waals surface area (Å²) in [5.74, 6) is -2.91. The average molecular weight is 524 g/mol. The number of alkyl halides is 2. The van der Waals surface area contributed by atoms with Gasteiger partial charge in [0.1, 0.15) is 0 Å². The van der Waals surface area contributed by atoms with Crippen LogP contribution in [-0.2, 0) is 18.4 Å². The van der Waals surface area contributed by atoms with Crippen LogP contribution in [-0.4, -0.2) is 71.0 Å². The third kappa shape index (κ3) is 4.22. The standard InChI is InChI=1S/C30H35F2N3O3/c1-28(2)18-35(16-25(36)24-14-19-5-3-4-6-21(19)15-33-24)27(38)22-8-7-20(13-23(22)28)26(37)34-11-9-29(10-12-34)17-30(29,31)32/h3-8,13,24-25,33,36H,9-12,14-18H2,1-2H3/t24-,25+/m0/s1. The summed E-state index contributed by atoms with van der Waals surface area (Å²) in [5.41, 5.74) is 2.97. The van der Waals surface area contributed by atoms with Gasteiger partial charge in [-0.1, -0.05) is 38.1 Å². The van der Waals surface area contributed by atoms with Crippen molar-refractivity contribution in [3.05, 3.63) is 70.3 Å². The number of carbonyl (C=O) groups is 2. The second-order valence-corrected chi connectivity index (χ2v) is 12.3. The van der Waals surface area contributed by atoms with Crippen LogP contribution in [0, 0.1) is 5.41 Å². The van der Waals surface area contributed by atoms with E-state index < -0.39 is 22.9 Å². The maximum atomic E-state index is 13.8. The highest BCUT2D eigenvalue weighted by molar-refractivity contribution is 6.00. The Morgan fingerprint density at radius 1 is 1.13 bits per heavy atom. The monoisotopic (exact) mass is 523 g/mol. The minimum Gasteiger partial charge on any atom is -0.390 e. The molecule has 1 spiro atoms. The summed E-state index contributed by atoms with van der Waals surface area (Å²) in [6.07, 6.45) is 0.595. The Morgan fingerprint density at radius 2 is 1.82 bits per heavy atom. The average Bonchev–Trinajstić information content (AvgIpc) is 3.44. The second kappa shape index (κ2) is 8.85. The number of halogens is 2. The lowest BCUT2D eigenvalue weighted by Gasteiger charge is -2.42. The topological polar surface area (TPSA) is 72.9 Å². The molecule has 2 aromatic carbocycles. The highest BCUT2D eigenvalue weighted by atomic mass is 19.3. The van der Waals surface area contributed by atoms with E-state index in [-0.39, 0.29) is 30.8 Å². The third-order valence-electron chi connectivity index (χ3n) is 9.30. The summed E-state index contributed by atoms with van der Waals surface area (Å²) < 4.78 is 27.5. The zero-order chi connectivity index (χ0) is 26.9. The number of carbonyl (C=O) groups excluding carboxylic acids is 2. The van der Waals surface area contributed by atoms with Crippen LogP contribution in [0.5, 0.6) is 0 Å². The lowest BCUT2D eigenvalue weighted by Crippen LogP contribution is -2.54. The SMILES string of the molecule is CC1(C)CN(C[C@@H](O)[C@@H]2Cc3ccccc3CN2)C(=O)c2ccc(C(=O)N3CCC4(CC3)CC4(F)F)cc21.